The molecule has 0 aromatic rings. The van der Waals surface area contributed by atoms with E-state index in [4.69, 9.17) is 0 Å². The monoisotopic (exact) mass is 194 g/mol. The molecule has 0 heterocycles. The third-order valence-electron chi connectivity index (χ3n) is 2.24. The summed E-state index contributed by atoms with van der Waals surface area (Å²) >= 11 is 0. The molecule has 0 fully saturated rings. The van der Waals surface area contributed by atoms with Gasteiger partial charge in [-0.3, -0.25) is 0 Å². The molecule has 0 amide bonds. The number of aliphatic hydroxyl groups is 1. The molecule has 0 aliphatic rings. The van der Waals surface area contributed by atoms with Gasteiger partial charge in [0.1, 0.15) is 0 Å². The van der Waals surface area contributed by atoms with Crippen molar-refractivity contribution >= 4 is 0 Å². The molecule has 0 spiro atoms. The maximum atomic E-state index is 9.30. The first-order valence-electron chi connectivity index (χ1n) is 5.41. The molecule has 0 saturated carbocycles. The van der Waals surface area contributed by atoms with Gasteiger partial charge in [0.25, 0.3) is 0 Å². The van der Waals surface area contributed by atoms with Gasteiger partial charge in [-0.15, -0.1) is 6.58 Å². The molecule has 1 heteroatoms. The highest BCUT2D eigenvalue weighted by atomic mass is 16.3. The van der Waals surface area contributed by atoms with E-state index in [-0.39, 0.29) is 0 Å². The first kappa shape index (κ1) is 13.0. The second-order valence-electron chi connectivity index (χ2n) is 3.34. The second kappa shape index (κ2) is 8.61. The Balaban J connectivity index is 3.78. The molecule has 0 rings (SSSR count). The van der Waals surface area contributed by atoms with Crippen LogP contribution in [0.5, 0.6) is 0 Å². The van der Waals surface area contributed by atoms with Gasteiger partial charge in [0.15, 0.2) is 0 Å². The van der Waals surface area contributed by atoms with Gasteiger partial charge in [-0.25, -0.2) is 0 Å². The lowest BCUT2D eigenvalue weighted by atomic mass is 10.1. The van der Waals surface area contributed by atoms with E-state index in [1.807, 2.05) is 6.08 Å². The molecule has 0 radical (unpaired) electrons. The Morgan fingerprint density at radius 3 is 2.21 bits per heavy atom. The summed E-state index contributed by atoms with van der Waals surface area (Å²) in [6.45, 7) is 7.93. The van der Waals surface area contributed by atoms with Crippen LogP contribution < -0.4 is 0 Å². The van der Waals surface area contributed by atoms with Gasteiger partial charge in [-0.2, -0.15) is 0 Å². The molecule has 0 aliphatic carbocycles. The van der Waals surface area contributed by atoms with Gasteiger partial charge >= 0.3 is 0 Å². The summed E-state index contributed by atoms with van der Waals surface area (Å²) in [4.78, 5) is 0. The number of hydrogen-bond donors (Lipinski definition) is 1. The fourth-order valence-electron chi connectivity index (χ4n) is 1.31. The van der Waals surface area contributed by atoms with Crippen LogP contribution in [-0.2, 0) is 0 Å². The molecule has 14 heavy (non-hydrogen) atoms. The molecule has 80 valence electrons. The molecule has 0 aliphatic heterocycles. The Hall–Kier alpha value is -0.980. The van der Waals surface area contributed by atoms with Crippen molar-refractivity contribution in [3.05, 3.63) is 36.1 Å². The van der Waals surface area contributed by atoms with Gasteiger partial charge in [0, 0.05) is 6.42 Å². The minimum absolute atomic E-state index is 0.433. The molecule has 0 aromatic carbocycles. The smallest absolute Gasteiger partial charge is 0.0920 e. The number of aliphatic hydroxyl groups excluding tert-OH is 1. The summed E-state index contributed by atoms with van der Waals surface area (Å²) in [7, 11) is 0. The van der Waals surface area contributed by atoms with E-state index in [1.165, 1.54) is 5.57 Å². The lowest BCUT2D eigenvalue weighted by Gasteiger charge is -1.99. The maximum Gasteiger partial charge on any atom is 0.0920 e. The zero-order valence-electron chi connectivity index (χ0n) is 9.42. The van der Waals surface area contributed by atoms with Crippen LogP contribution in [-0.4, -0.2) is 5.11 Å². The summed E-state index contributed by atoms with van der Waals surface area (Å²) in [5.74, 6) is 0.433. The SMILES string of the molecule is C=CC/C(O)=C\CCC=C(CC)CC. The normalized spacial score (nSPS) is 11.1. The highest BCUT2D eigenvalue weighted by molar-refractivity contribution is 5.02. The Morgan fingerprint density at radius 1 is 1.14 bits per heavy atom. The van der Waals surface area contributed by atoms with E-state index in [0.29, 0.717) is 12.2 Å². The Bertz CT molecular complexity index is 205. The average Bonchev–Trinajstić information content (AvgIpc) is 2.19. The van der Waals surface area contributed by atoms with Gasteiger partial charge in [0.05, 0.1) is 5.76 Å². The van der Waals surface area contributed by atoms with E-state index in [0.717, 1.165) is 25.7 Å². The highest BCUT2D eigenvalue weighted by Gasteiger charge is 1.90. The van der Waals surface area contributed by atoms with E-state index >= 15 is 0 Å². The summed E-state index contributed by atoms with van der Waals surface area (Å²) < 4.78 is 0. The van der Waals surface area contributed by atoms with Crippen molar-refractivity contribution in [2.24, 2.45) is 0 Å². The minimum atomic E-state index is 0.433. The van der Waals surface area contributed by atoms with E-state index in [9.17, 15) is 5.11 Å². The quantitative estimate of drug-likeness (QED) is 0.358. The lowest BCUT2D eigenvalue weighted by Crippen LogP contribution is -1.80. The molecule has 0 bridgehead atoms. The number of allylic oxidation sites excluding steroid dienone is 4. The standard InChI is InChI=1S/C13H22O/c1-4-9-13(14)11-8-7-10-12(5-2)6-3/h4,10-11,14H,1,5-9H2,2-3H3/b13-11+. The summed E-state index contributed by atoms with van der Waals surface area (Å²) in [5.41, 5.74) is 1.50. The van der Waals surface area contributed by atoms with Crippen LogP contribution in [0.1, 0.15) is 46.0 Å². The molecule has 0 aromatic heterocycles. The maximum absolute atomic E-state index is 9.30. The van der Waals surface area contributed by atoms with Crippen molar-refractivity contribution in [3.63, 3.8) is 0 Å². The van der Waals surface area contributed by atoms with Crippen molar-refractivity contribution in [1.29, 1.82) is 0 Å². The molecule has 0 saturated heterocycles. The average molecular weight is 194 g/mol. The van der Waals surface area contributed by atoms with Crippen LogP contribution in [0.25, 0.3) is 0 Å². The van der Waals surface area contributed by atoms with Crippen molar-refractivity contribution in [2.75, 3.05) is 0 Å². The number of unbranched alkanes of at least 4 members (excludes halogenated alkanes) is 1. The fraction of sp³-hybridized carbons (Fsp3) is 0.538. The first-order chi connectivity index (χ1) is 6.74. The van der Waals surface area contributed by atoms with E-state index in [2.05, 4.69) is 26.5 Å². The van der Waals surface area contributed by atoms with Crippen molar-refractivity contribution in [2.45, 2.75) is 46.0 Å². The lowest BCUT2D eigenvalue weighted by molar-refractivity contribution is 0.398. The topological polar surface area (TPSA) is 20.2 Å². The Morgan fingerprint density at radius 2 is 1.71 bits per heavy atom. The molecular formula is C13H22O. The van der Waals surface area contributed by atoms with Crippen LogP contribution in [0.4, 0.5) is 0 Å². The molecule has 0 atom stereocenters. The summed E-state index contributed by atoms with van der Waals surface area (Å²) in [5, 5.41) is 9.30. The zero-order chi connectivity index (χ0) is 10.8. The largest absolute Gasteiger partial charge is 0.512 e. The van der Waals surface area contributed by atoms with Crippen LogP contribution in [0.3, 0.4) is 0 Å². The second-order valence-corrected chi connectivity index (χ2v) is 3.34. The van der Waals surface area contributed by atoms with Crippen molar-refractivity contribution in [3.8, 4) is 0 Å². The highest BCUT2D eigenvalue weighted by Crippen LogP contribution is 2.09. The van der Waals surface area contributed by atoms with Crippen molar-refractivity contribution < 1.29 is 5.11 Å². The van der Waals surface area contributed by atoms with Gasteiger partial charge in [-0.05, 0) is 31.8 Å². The van der Waals surface area contributed by atoms with Gasteiger partial charge in [-0.1, -0.05) is 31.6 Å². The molecule has 1 N–H and O–H groups in total. The third kappa shape index (κ3) is 6.53. The van der Waals surface area contributed by atoms with Gasteiger partial charge < -0.3 is 5.11 Å². The molecule has 0 unspecified atom stereocenters. The molecular weight excluding hydrogens is 172 g/mol. The summed E-state index contributed by atoms with van der Waals surface area (Å²) in [6.07, 6.45) is 10.7. The van der Waals surface area contributed by atoms with Crippen LogP contribution in [0, 0.1) is 0 Å². The van der Waals surface area contributed by atoms with Crippen LogP contribution in [0.15, 0.2) is 36.1 Å². The Labute approximate surface area is 87.8 Å². The predicted octanol–water partition coefficient (Wildman–Crippen LogP) is 4.53. The zero-order valence-corrected chi connectivity index (χ0v) is 9.42. The number of rotatable bonds is 7. The third-order valence-corrected chi connectivity index (χ3v) is 2.24. The first-order valence-corrected chi connectivity index (χ1v) is 5.41. The predicted molar refractivity (Wildman–Crippen MR) is 63.4 cm³/mol. The van der Waals surface area contributed by atoms with E-state index in [1.54, 1.807) is 6.08 Å². The number of hydrogen-bond acceptors (Lipinski definition) is 1. The summed E-state index contributed by atoms with van der Waals surface area (Å²) in [6, 6.07) is 0. The minimum Gasteiger partial charge on any atom is -0.512 e. The van der Waals surface area contributed by atoms with E-state index < -0.39 is 0 Å². The fourth-order valence-corrected chi connectivity index (χ4v) is 1.31. The van der Waals surface area contributed by atoms with Crippen molar-refractivity contribution in [1.82, 2.24) is 0 Å². The van der Waals surface area contributed by atoms with Crippen LogP contribution in [0.2, 0.25) is 0 Å². The van der Waals surface area contributed by atoms with Gasteiger partial charge in [0.2, 0.25) is 0 Å². The Kier molecular flexibility index (Phi) is 8.01. The van der Waals surface area contributed by atoms with Crippen LogP contribution >= 0.6 is 0 Å². The molecule has 1 nitrogen and oxygen atoms in total.